The number of aromatic amines is 1. The zero-order chi connectivity index (χ0) is 16.6. The molecule has 1 aliphatic heterocycles. The molecule has 23 heavy (non-hydrogen) atoms. The highest BCUT2D eigenvalue weighted by Crippen LogP contribution is 2.39. The van der Waals surface area contributed by atoms with Crippen molar-refractivity contribution in [1.29, 1.82) is 0 Å². The molecule has 6 heteroatoms. The molecule has 0 bridgehead atoms. The number of amides is 1. The fourth-order valence-electron chi connectivity index (χ4n) is 3.13. The summed E-state index contributed by atoms with van der Waals surface area (Å²) in [5, 5.41) is 7.11. The minimum atomic E-state index is -0.473. The minimum absolute atomic E-state index is 0.102. The van der Waals surface area contributed by atoms with E-state index in [1.54, 1.807) is 19.1 Å². The van der Waals surface area contributed by atoms with Crippen LogP contribution in [0.2, 0.25) is 0 Å². The smallest absolute Gasteiger partial charge is 0.275 e. The van der Waals surface area contributed by atoms with Crippen LogP contribution in [0.25, 0.3) is 0 Å². The lowest BCUT2D eigenvalue weighted by atomic mass is 9.98. The second-order valence-electron chi connectivity index (χ2n) is 5.79. The van der Waals surface area contributed by atoms with Crippen LogP contribution in [-0.4, -0.2) is 48.1 Å². The van der Waals surface area contributed by atoms with Crippen molar-refractivity contribution in [2.45, 2.75) is 26.2 Å². The molecule has 0 spiro atoms. The van der Waals surface area contributed by atoms with Crippen LogP contribution in [0.3, 0.4) is 0 Å². The molecule has 3 rings (SSSR count). The number of nitrogens with one attached hydrogen (secondary N) is 1. The lowest BCUT2D eigenvalue weighted by Crippen LogP contribution is -2.38. The van der Waals surface area contributed by atoms with Gasteiger partial charge in [0.25, 0.3) is 5.91 Å². The molecule has 0 saturated heterocycles. The number of carbonyl (C=O) groups is 1. The lowest BCUT2D eigenvalue weighted by molar-refractivity contribution is -0.113. The molecule has 6 nitrogen and oxygen atoms in total. The summed E-state index contributed by atoms with van der Waals surface area (Å²) in [5.41, 5.74) is 4.55. The fraction of sp³-hybridized carbons (Fsp3) is 0.412. The second kappa shape index (κ2) is 6.14. The molecule has 1 aliphatic rings. The van der Waals surface area contributed by atoms with Gasteiger partial charge in [-0.15, -0.1) is 0 Å². The fourth-order valence-corrected chi connectivity index (χ4v) is 3.13. The zero-order valence-electron chi connectivity index (χ0n) is 13.8. The number of hydrogen-bond acceptors (Lipinski definition) is 4. The number of fused-ring (bicyclic) bond motifs is 1. The summed E-state index contributed by atoms with van der Waals surface area (Å²) in [6.45, 7) is 4.33. The summed E-state index contributed by atoms with van der Waals surface area (Å²) < 4.78 is 10.6. The summed E-state index contributed by atoms with van der Waals surface area (Å²) in [6, 6.07) is 8.00. The van der Waals surface area contributed by atoms with Gasteiger partial charge in [0, 0.05) is 25.5 Å². The van der Waals surface area contributed by atoms with Crippen LogP contribution >= 0.6 is 0 Å². The van der Waals surface area contributed by atoms with Crippen LogP contribution in [0.1, 0.15) is 38.9 Å². The van der Waals surface area contributed by atoms with E-state index in [0.29, 0.717) is 12.2 Å². The number of carbonyl (C=O) groups excluding carboxylic acids is 1. The molecule has 0 saturated carbocycles. The van der Waals surface area contributed by atoms with Gasteiger partial charge in [-0.05, 0) is 19.4 Å². The van der Waals surface area contributed by atoms with Crippen molar-refractivity contribution in [2.24, 2.45) is 0 Å². The Labute approximate surface area is 135 Å². The molecule has 1 aromatic carbocycles. The topological polar surface area (TPSA) is 67.5 Å². The van der Waals surface area contributed by atoms with E-state index in [4.69, 9.17) is 9.47 Å². The summed E-state index contributed by atoms with van der Waals surface area (Å²) >= 11 is 0. The number of methoxy groups -OCH3 is 2. The van der Waals surface area contributed by atoms with Crippen LogP contribution in [-0.2, 0) is 9.47 Å². The highest BCUT2D eigenvalue weighted by molar-refractivity contribution is 5.98. The zero-order valence-corrected chi connectivity index (χ0v) is 13.8. The number of aryl methyl sites for hydroxylation is 2. The van der Waals surface area contributed by atoms with E-state index >= 15 is 0 Å². The highest BCUT2D eigenvalue weighted by Gasteiger charge is 2.42. The first-order valence-electron chi connectivity index (χ1n) is 7.54. The van der Waals surface area contributed by atoms with E-state index < -0.39 is 6.29 Å². The molecule has 0 fully saturated rings. The molecule has 2 aromatic rings. The molecule has 1 N–H and O–H groups in total. The molecule has 2 heterocycles. The maximum absolute atomic E-state index is 12.8. The third kappa shape index (κ3) is 2.64. The molecule has 122 valence electrons. The Kier molecular flexibility index (Phi) is 4.19. The summed E-state index contributed by atoms with van der Waals surface area (Å²) in [7, 11) is 3.14. The number of hydrogen-bond donors (Lipinski definition) is 1. The highest BCUT2D eigenvalue weighted by atomic mass is 16.7. The van der Waals surface area contributed by atoms with Crippen molar-refractivity contribution in [3.05, 3.63) is 52.3 Å². The predicted octanol–water partition coefficient (Wildman–Crippen LogP) is 2.19. The summed E-state index contributed by atoms with van der Waals surface area (Å²) in [4.78, 5) is 14.5. The van der Waals surface area contributed by atoms with E-state index in [9.17, 15) is 4.79 Å². The molecule has 1 amide bonds. The minimum Gasteiger partial charge on any atom is -0.354 e. The molecule has 1 aromatic heterocycles. The van der Waals surface area contributed by atoms with E-state index in [2.05, 4.69) is 16.3 Å². The molecule has 0 aliphatic carbocycles. The number of ether oxygens (including phenoxy) is 2. The number of aromatic nitrogens is 2. The van der Waals surface area contributed by atoms with Gasteiger partial charge in [-0.2, -0.15) is 5.10 Å². The van der Waals surface area contributed by atoms with Gasteiger partial charge in [0.2, 0.25) is 0 Å². The third-order valence-corrected chi connectivity index (χ3v) is 4.27. The molecular formula is C17H21N3O3. The van der Waals surface area contributed by atoms with E-state index in [0.717, 1.165) is 22.4 Å². The van der Waals surface area contributed by atoms with Crippen LogP contribution in [0.15, 0.2) is 24.3 Å². The Hall–Kier alpha value is -2.18. The molecule has 1 atom stereocenters. The lowest BCUT2D eigenvalue weighted by Gasteiger charge is -2.29. The van der Waals surface area contributed by atoms with Gasteiger partial charge >= 0.3 is 0 Å². The average molecular weight is 315 g/mol. The predicted molar refractivity (Wildman–Crippen MR) is 85.2 cm³/mol. The molecule has 0 radical (unpaired) electrons. The normalized spacial score (nSPS) is 17.2. The number of benzene rings is 1. The van der Waals surface area contributed by atoms with E-state index in [1.807, 2.05) is 32.0 Å². The van der Waals surface area contributed by atoms with Crippen LogP contribution in [0, 0.1) is 13.8 Å². The van der Waals surface area contributed by atoms with Gasteiger partial charge in [-0.25, -0.2) is 0 Å². The largest absolute Gasteiger partial charge is 0.354 e. The summed E-state index contributed by atoms with van der Waals surface area (Å²) in [5.74, 6) is -0.102. The van der Waals surface area contributed by atoms with Crippen molar-refractivity contribution in [1.82, 2.24) is 15.1 Å². The Morgan fingerprint density at radius 1 is 1.30 bits per heavy atom. The summed E-state index contributed by atoms with van der Waals surface area (Å²) in [6.07, 6.45) is -0.473. The van der Waals surface area contributed by atoms with Crippen molar-refractivity contribution < 1.29 is 14.3 Å². The number of rotatable bonds is 5. The first-order chi connectivity index (χ1) is 11.1. The van der Waals surface area contributed by atoms with Gasteiger partial charge in [0.15, 0.2) is 12.0 Å². The number of H-pyrrole nitrogens is 1. The Bertz CT molecular complexity index is 722. The SMILES string of the molecule is COC(CN1C(=O)c2n[nH]c(C)c2C1c1cccc(C)c1)OC. The van der Waals surface area contributed by atoms with Crippen molar-refractivity contribution >= 4 is 5.91 Å². The standard InChI is InChI=1S/C17H21N3O3/c1-10-6-5-7-12(8-10)16-14-11(2)18-19-15(14)17(21)20(16)9-13(22-3)23-4/h5-8,13,16H,9H2,1-4H3,(H,18,19). The van der Waals surface area contributed by atoms with E-state index in [-0.39, 0.29) is 11.9 Å². The quantitative estimate of drug-likeness (QED) is 0.859. The number of nitrogens with zero attached hydrogens (tertiary/aromatic N) is 2. The molecular weight excluding hydrogens is 294 g/mol. The second-order valence-corrected chi connectivity index (χ2v) is 5.79. The van der Waals surface area contributed by atoms with E-state index in [1.165, 1.54) is 0 Å². The van der Waals surface area contributed by atoms with Crippen molar-refractivity contribution in [3.63, 3.8) is 0 Å². The van der Waals surface area contributed by atoms with Crippen LogP contribution in [0.4, 0.5) is 0 Å². The van der Waals surface area contributed by atoms with Gasteiger partial charge in [0.05, 0.1) is 12.6 Å². The Morgan fingerprint density at radius 3 is 2.70 bits per heavy atom. The average Bonchev–Trinajstić information content (AvgIpc) is 3.04. The van der Waals surface area contributed by atoms with Crippen molar-refractivity contribution in [3.8, 4) is 0 Å². The van der Waals surface area contributed by atoms with Gasteiger partial charge in [-0.1, -0.05) is 29.8 Å². The van der Waals surface area contributed by atoms with Gasteiger partial charge < -0.3 is 14.4 Å². The Balaban J connectivity index is 2.06. The van der Waals surface area contributed by atoms with Crippen LogP contribution < -0.4 is 0 Å². The Morgan fingerprint density at radius 2 is 2.04 bits per heavy atom. The first-order valence-corrected chi connectivity index (χ1v) is 7.54. The third-order valence-electron chi connectivity index (χ3n) is 4.27. The van der Waals surface area contributed by atoms with Gasteiger partial charge in [-0.3, -0.25) is 9.89 Å². The van der Waals surface area contributed by atoms with Gasteiger partial charge in [0.1, 0.15) is 0 Å². The first kappa shape index (κ1) is 15.7. The maximum atomic E-state index is 12.8. The van der Waals surface area contributed by atoms with Crippen LogP contribution in [0.5, 0.6) is 0 Å². The maximum Gasteiger partial charge on any atom is 0.275 e. The molecule has 1 unspecified atom stereocenters. The monoisotopic (exact) mass is 315 g/mol. The van der Waals surface area contributed by atoms with Crippen molar-refractivity contribution in [2.75, 3.05) is 20.8 Å².